The fraction of sp³-hybridized carbons (Fsp3) is 0.190. The highest BCUT2D eigenvalue weighted by Gasteiger charge is 2.08. The van der Waals surface area contributed by atoms with Gasteiger partial charge in [0, 0.05) is 28.4 Å². The monoisotopic (exact) mass is 397 g/mol. The summed E-state index contributed by atoms with van der Waals surface area (Å²) < 4.78 is 0. The van der Waals surface area contributed by atoms with E-state index in [2.05, 4.69) is 15.3 Å². The smallest absolute Gasteiger partial charge is 0.225 e. The van der Waals surface area contributed by atoms with Crippen molar-refractivity contribution in [2.45, 2.75) is 25.3 Å². The van der Waals surface area contributed by atoms with Crippen LogP contribution in [0.5, 0.6) is 0 Å². The number of rotatable bonds is 6. The minimum absolute atomic E-state index is 0.0449. The summed E-state index contributed by atoms with van der Waals surface area (Å²) >= 11 is 7.64. The molecule has 2 aromatic carbocycles. The standard InChI is InChI=1S/C21H20ClN3OS/c1-14-8-9-17(12-18(14)22)25-20(26)10-11-27-21-13-19(23-15(2)24-21)16-6-4-3-5-7-16/h3-9,12-13H,10-11H2,1-2H3,(H,25,26). The summed E-state index contributed by atoms with van der Waals surface area (Å²) in [6.07, 6.45) is 0.389. The van der Waals surface area contributed by atoms with Crippen molar-refractivity contribution in [1.29, 1.82) is 0 Å². The minimum atomic E-state index is -0.0449. The molecule has 1 amide bonds. The second-order valence-electron chi connectivity index (χ2n) is 6.12. The molecule has 1 aromatic heterocycles. The number of nitrogens with zero attached hydrogens (tertiary/aromatic N) is 2. The first-order valence-electron chi connectivity index (χ1n) is 8.61. The number of amides is 1. The Kier molecular flexibility index (Phi) is 6.48. The van der Waals surface area contributed by atoms with Gasteiger partial charge in [-0.05, 0) is 37.6 Å². The predicted octanol–water partition coefficient (Wildman–Crippen LogP) is 5.53. The number of carbonyl (C=O) groups is 1. The van der Waals surface area contributed by atoms with Crippen molar-refractivity contribution in [3.05, 3.63) is 71.0 Å². The van der Waals surface area contributed by atoms with Gasteiger partial charge in [-0.15, -0.1) is 11.8 Å². The maximum Gasteiger partial charge on any atom is 0.225 e. The lowest BCUT2D eigenvalue weighted by molar-refractivity contribution is -0.115. The van der Waals surface area contributed by atoms with Crippen molar-refractivity contribution in [3.63, 3.8) is 0 Å². The van der Waals surface area contributed by atoms with Gasteiger partial charge in [0.1, 0.15) is 10.9 Å². The molecule has 0 unspecified atom stereocenters. The fourth-order valence-corrected chi connectivity index (χ4v) is 3.58. The van der Waals surface area contributed by atoms with Crippen molar-refractivity contribution in [1.82, 2.24) is 9.97 Å². The van der Waals surface area contributed by atoms with E-state index in [1.165, 1.54) is 0 Å². The van der Waals surface area contributed by atoms with Gasteiger partial charge in [-0.3, -0.25) is 4.79 Å². The summed E-state index contributed by atoms with van der Waals surface area (Å²) in [5.41, 5.74) is 3.65. The average Bonchev–Trinajstić information content (AvgIpc) is 2.65. The number of nitrogens with one attached hydrogen (secondary N) is 1. The van der Waals surface area contributed by atoms with E-state index in [0.29, 0.717) is 22.9 Å². The molecule has 3 rings (SSSR count). The Morgan fingerprint density at radius 1 is 1.07 bits per heavy atom. The van der Waals surface area contributed by atoms with Gasteiger partial charge in [0.05, 0.1) is 5.69 Å². The summed E-state index contributed by atoms with van der Waals surface area (Å²) in [6.45, 7) is 3.81. The van der Waals surface area contributed by atoms with E-state index in [1.807, 2.05) is 62.4 Å². The molecule has 0 saturated carbocycles. The highest BCUT2D eigenvalue weighted by atomic mass is 35.5. The lowest BCUT2D eigenvalue weighted by Crippen LogP contribution is -2.12. The first-order chi connectivity index (χ1) is 13.0. The third kappa shape index (κ3) is 5.55. The summed E-state index contributed by atoms with van der Waals surface area (Å²) in [7, 11) is 0. The van der Waals surface area contributed by atoms with Gasteiger partial charge < -0.3 is 5.32 Å². The molecule has 0 aliphatic rings. The summed E-state index contributed by atoms with van der Waals surface area (Å²) in [5.74, 6) is 1.31. The molecular formula is C21H20ClN3OS. The highest BCUT2D eigenvalue weighted by Crippen LogP contribution is 2.24. The van der Waals surface area contributed by atoms with Crippen LogP contribution in [-0.2, 0) is 4.79 Å². The Morgan fingerprint density at radius 2 is 1.85 bits per heavy atom. The molecule has 27 heavy (non-hydrogen) atoms. The second-order valence-corrected chi connectivity index (χ2v) is 7.64. The molecule has 3 aromatic rings. The molecule has 1 N–H and O–H groups in total. The number of halogens is 1. The maximum atomic E-state index is 12.2. The van der Waals surface area contributed by atoms with Gasteiger partial charge in [-0.25, -0.2) is 9.97 Å². The van der Waals surface area contributed by atoms with Crippen LogP contribution in [0.4, 0.5) is 5.69 Å². The molecule has 0 spiro atoms. The van der Waals surface area contributed by atoms with Crippen LogP contribution in [0, 0.1) is 13.8 Å². The van der Waals surface area contributed by atoms with E-state index in [-0.39, 0.29) is 5.91 Å². The number of carbonyl (C=O) groups excluding carboxylic acids is 1. The van der Waals surface area contributed by atoms with Crippen LogP contribution in [-0.4, -0.2) is 21.6 Å². The number of anilines is 1. The number of thioether (sulfide) groups is 1. The lowest BCUT2D eigenvalue weighted by atomic mass is 10.1. The van der Waals surface area contributed by atoms with Crippen molar-refractivity contribution in [3.8, 4) is 11.3 Å². The normalized spacial score (nSPS) is 10.6. The zero-order valence-electron chi connectivity index (χ0n) is 15.2. The third-order valence-corrected chi connectivity index (χ3v) is 5.24. The van der Waals surface area contributed by atoms with Crippen molar-refractivity contribution in [2.75, 3.05) is 11.1 Å². The van der Waals surface area contributed by atoms with Crippen molar-refractivity contribution < 1.29 is 4.79 Å². The zero-order chi connectivity index (χ0) is 19.2. The third-order valence-electron chi connectivity index (χ3n) is 3.92. The Bertz CT molecular complexity index is 947. The number of aromatic nitrogens is 2. The fourth-order valence-electron chi connectivity index (χ4n) is 2.51. The van der Waals surface area contributed by atoms with Crippen LogP contribution in [0.1, 0.15) is 17.8 Å². The van der Waals surface area contributed by atoms with Gasteiger partial charge >= 0.3 is 0 Å². The van der Waals surface area contributed by atoms with Gasteiger partial charge in [0.25, 0.3) is 0 Å². The number of benzene rings is 2. The molecular weight excluding hydrogens is 378 g/mol. The van der Waals surface area contributed by atoms with E-state index in [4.69, 9.17) is 11.6 Å². The van der Waals surface area contributed by atoms with Gasteiger partial charge in [0.2, 0.25) is 5.91 Å². The minimum Gasteiger partial charge on any atom is -0.326 e. The van der Waals surface area contributed by atoms with Gasteiger partial charge in [-0.1, -0.05) is 48.0 Å². The van der Waals surface area contributed by atoms with Crippen LogP contribution >= 0.6 is 23.4 Å². The Morgan fingerprint density at radius 3 is 2.59 bits per heavy atom. The van der Waals surface area contributed by atoms with Gasteiger partial charge in [-0.2, -0.15) is 0 Å². The number of hydrogen-bond acceptors (Lipinski definition) is 4. The second kappa shape index (κ2) is 9.02. The maximum absolute atomic E-state index is 12.2. The highest BCUT2D eigenvalue weighted by molar-refractivity contribution is 7.99. The summed E-state index contributed by atoms with van der Waals surface area (Å²) in [5, 5.41) is 4.39. The van der Waals surface area contributed by atoms with Crippen LogP contribution in [0.3, 0.4) is 0 Å². The molecule has 0 aliphatic carbocycles. The Hall–Kier alpha value is -2.37. The van der Waals surface area contributed by atoms with E-state index >= 15 is 0 Å². The Balaban J connectivity index is 1.57. The molecule has 1 heterocycles. The molecule has 0 fully saturated rings. The van der Waals surface area contributed by atoms with Crippen LogP contribution in [0.2, 0.25) is 5.02 Å². The predicted molar refractivity (Wildman–Crippen MR) is 112 cm³/mol. The SMILES string of the molecule is Cc1nc(SCCC(=O)Nc2ccc(C)c(Cl)c2)cc(-c2ccccc2)n1. The van der Waals surface area contributed by atoms with E-state index in [0.717, 1.165) is 27.7 Å². The van der Waals surface area contributed by atoms with Gasteiger partial charge in [0.15, 0.2) is 0 Å². The lowest BCUT2D eigenvalue weighted by Gasteiger charge is -2.08. The molecule has 6 heteroatoms. The summed E-state index contributed by atoms with van der Waals surface area (Å²) in [6, 6.07) is 17.5. The number of aryl methyl sites for hydroxylation is 2. The molecule has 4 nitrogen and oxygen atoms in total. The van der Waals surface area contributed by atoms with E-state index in [9.17, 15) is 4.79 Å². The van der Waals surface area contributed by atoms with E-state index in [1.54, 1.807) is 17.8 Å². The van der Waals surface area contributed by atoms with Crippen LogP contribution in [0.15, 0.2) is 59.6 Å². The molecule has 138 valence electrons. The summed E-state index contributed by atoms with van der Waals surface area (Å²) in [4.78, 5) is 21.1. The van der Waals surface area contributed by atoms with Crippen molar-refractivity contribution >= 4 is 35.0 Å². The van der Waals surface area contributed by atoms with E-state index < -0.39 is 0 Å². The van der Waals surface area contributed by atoms with Crippen LogP contribution in [0.25, 0.3) is 11.3 Å². The molecule has 0 radical (unpaired) electrons. The first kappa shape index (κ1) is 19.4. The average molecular weight is 398 g/mol. The van der Waals surface area contributed by atoms with Crippen molar-refractivity contribution in [2.24, 2.45) is 0 Å². The largest absolute Gasteiger partial charge is 0.326 e. The molecule has 0 atom stereocenters. The zero-order valence-corrected chi connectivity index (χ0v) is 16.8. The number of hydrogen-bond donors (Lipinski definition) is 1. The molecule has 0 bridgehead atoms. The Labute approximate surface area is 168 Å². The van der Waals surface area contributed by atoms with Crippen LogP contribution < -0.4 is 5.32 Å². The molecule has 0 saturated heterocycles. The molecule has 0 aliphatic heterocycles. The topological polar surface area (TPSA) is 54.9 Å². The quantitative estimate of drug-likeness (QED) is 0.438. The first-order valence-corrected chi connectivity index (χ1v) is 9.97.